The number of esters is 1. The largest absolute Gasteiger partial charge is 0.490 e. The van der Waals surface area contributed by atoms with Crippen molar-refractivity contribution in [2.75, 3.05) is 7.11 Å². The molecule has 0 atom stereocenters. The molecule has 2 aromatic rings. The summed E-state index contributed by atoms with van der Waals surface area (Å²) >= 11 is 2.17. The van der Waals surface area contributed by atoms with Crippen molar-refractivity contribution in [1.82, 2.24) is 0 Å². The van der Waals surface area contributed by atoms with Gasteiger partial charge in [0.1, 0.15) is 0 Å². The first-order valence-electron chi connectivity index (χ1n) is 7.09. The molecule has 0 unspecified atom stereocenters. The third-order valence-electron chi connectivity index (χ3n) is 3.41. The number of nitro benzene ring substituents is 1. The van der Waals surface area contributed by atoms with Crippen LogP contribution in [0.1, 0.15) is 11.1 Å². The van der Waals surface area contributed by atoms with Crippen molar-refractivity contribution in [3.8, 4) is 5.75 Å². The molecule has 0 bridgehead atoms. The fourth-order valence-electron chi connectivity index (χ4n) is 2.22. The van der Waals surface area contributed by atoms with Gasteiger partial charge in [-0.2, -0.15) is 0 Å². The molecule has 0 radical (unpaired) electrons. The molecule has 8 heteroatoms. The van der Waals surface area contributed by atoms with Gasteiger partial charge in [-0.15, -0.1) is 0 Å². The van der Waals surface area contributed by atoms with E-state index in [9.17, 15) is 14.9 Å². The molecule has 1 heterocycles. The quantitative estimate of drug-likeness (QED) is 0.234. The zero-order valence-corrected chi connectivity index (χ0v) is 15.1. The molecule has 0 saturated heterocycles. The zero-order valence-electron chi connectivity index (χ0n) is 12.9. The molecule has 25 heavy (non-hydrogen) atoms. The average Bonchev–Trinajstić information content (AvgIpc) is 2.96. The summed E-state index contributed by atoms with van der Waals surface area (Å²) in [4.78, 5) is 26.7. The van der Waals surface area contributed by atoms with E-state index in [-0.39, 0.29) is 23.0 Å². The van der Waals surface area contributed by atoms with Crippen LogP contribution in [-0.2, 0) is 9.53 Å². The molecular weight excluding hydrogens is 439 g/mol. The fraction of sp³-hybridized carbons (Fsp3) is 0.0588. The molecule has 3 rings (SSSR count). The van der Waals surface area contributed by atoms with E-state index in [0.29, 0.717) is 11.1 Å². The number of halogens is 1. The van der Waals surface area contributed by atoms with Crippen LogP contribution in [0.4, 0.5) is 5.69 Å². The van der Waals surface area contributed by atoms with Crippen LogP contribution in [0.15, 0.2) is 53.2 Å². The summed E-state index contributed by atoms with van der Waals surface area (Å²) in [5.74, 6) is -0.257. The van der Waals surface area contributed by atoms with E-state index in [2.05, 4.69) is 27.6 Å². The monoisotopic (exact) mass is 450 g/mol. The molecule has 0 saturated carbocycles. The van der Waals surface area contributed by atoms with Crippen LogP contribution >= 0.6 is 22.6 Å². The minimum atomic E-state index is -0.605. The number of benzene rings is 2. The number of hydrogen-bond donors (Lipinski definition) is 0. The molecule has 126 valence electrons. The normalized spacial score (nSPS) is 15.0. The van der Waals surface area contributed by atoms with Crippen LogP contribution in [0, 0.1) is 13.7 Å². The first-order valence-corrected chi connectivity index (χ1v) is 8.17. The highest BCUT2D eigenvalue weighted by atomic mass is 127. The number of cyclic esters (lactones) is 1. The van der Waals surface area contributed by atoms with Crippen molar-refractivity contribution in [2.45, 2.75) is 0 Å². The number of nitro groups is 1. The van der Waals surface area contributed by atoms with E-state index in [1.165, 1.54) is 25.3 Å². The second-order valence-corrected chi connectivity index (χ2v) is 6.28. The number of rotatable bonds is 4. The van der Waals surface area contributed by atoms with Gasteiger partial charge in [0.05, 0.1) is 12.0 Å². The zero-order chi connectivity index (χ0) is 18.0. The van der Waals surface area contributed by atoms with Crippen molar-refractivity contribution in [2.24, 2.45) is 4.99 Å². The number of ether oxygens (including phenoxy) is 2. The van der Waals surface area contributed by atoms with Crippen molar-refractivity contribution < 1.29 is 19.2 Å². The van der Waals surface area contributed by atoms with Crippen LogP contribution in [0.2, 0.25) is 0 Å². The molecule has 0 spiro atoms. The van der Waals surface area contributed by atoms with E-state index in [1.807, 2.05) is 12.1 Å². The Kier molecular flexibility index (Phi) is 4.79. The minimum Gasteiger partial charge on any atom is -0.490 e. The summed E-state index contributed by atoms with van der Waals surface area (Å²) in [6.45, 7) is 0. The molecule has 1 aliphatic heterocycles. The Hall–Kier alpha value is -2.75. The van der Waals surface area contributed by atoms with Gasteiger partial charge in [0.2, 0.25) is 5.90 Å². The lowest BCUT2D eigenvalue weighted by atomic mass is 10.1. The Morgan fingerprint density at radius 1 is 1.24 bits per heavy atom. The van der Waals surface area contributed by atoms with Crippen LogP contribution < -0.4 is 4.74 Å². The number of nitrogens with zero attached hydrogens (tertiary/aromatic N) is 2. The predicted molar refractivity (Wildman–Crippen MR) is 99.4 cm³/mol. The highest BCUT2D eigenvalue weighted by Gasteiger charge is 2.24. The predicted octanol–water partition coefficient (Wildman–Crippen LogP) is 3.55. The topological polar surface area (TPSA) is 91.0 Å². The maximum absolute atomic E-state index is 12.0. The van der Waals surface area contributed by atoms with Crippen molar-refractivity contribution in [1.29, 1.82) is 0 Å². The van der Waals surface area contributed by atoms with Gasteiger partial charge in [-0.05, 0) is 64.6 Å². The summed E-state index contributed by atoms with van der Waals surface area (Å²) in [7, 11) is 1.35. The molecule has 2 aromatic carbocycles. The van der Waals surface area contributed by atoms with Crippen molar-refractivity contribution in [3.63, 3.8) is 0 Å². The minimum absolute atomic E-state index is 0.0769. The summed E-state index contributed by atoms with van der Waals surface area (Å²) in [5.41, 5.74) is 1.02. The number of aliphatic imine (C=N–C) groups is 1. The standard InChI is InChI=1S/C17H11IN2O5/c1-24-15-7-2-10(9-14(15)20(22)23)8-13-17(21)25-16(19-13)11-3-5-12(18)6-4-11/h2-9H,1H3/b13-8-. The van der Waals surface area contributed by atoms with Gasteiger partial charge >= 0.3 is 11.7 Å². The Morgan fingerprint density at radius 2 is 1.96 bits per heavy atom. The van der Waals surface area contributed by atoms with Crippen LogP contribution in [0.3, 0.4) is 0 Å². The van der Waals surface area contributed by atoms with Crippen LogP contribution in [-0.4, -0.2) is 23.9 Å². The molecule has 0 amide bonds. The molecule has 0 aliphatic carbocycles. The van der Waals surface area contributed by atoms with Gasteiger partial charge in [-0.1, -0.05) is 6.07 Å². The van der Waals surface area contributed by atoms with E-state index in [1.54, 1.807) is 18.2 Å². The second kappa shape index (κ2) is 7.01. The Balaban J connectivity index is 1.95. The maximum Gasteiger partial charge on any atom is 0.363 e. The second-order valence-electron chi connectivity index (χ2n) is 5.03. The highest BCUT2D eigenvalue weighted by molar-refractivity contribution is 14.1. The molecule has 0 N–H and O–H groups in total. The first-order chi connectivity index (χ1) is 12.0. The SMILES string of the molecule is COc1ccc(/C=C2\N=C(c3ccc(I)cc3)OC2=O)cc1[N+](=O)[O-]. The third-order valence-corrected chi connectivity index (χ3v) is 4.13. The van der Waals surface area contributed by atoms with Crippen LogP contribution in [0.5, 0.6) is 5.75 Å². The van der Waals surface area contributed by atoms with Crippen molar-refractivity contribution >= 4 is 46.2 Å². The lowest BCUT2D eigenvalue weighted by Gasteiger charge is -2.02. The number of carbonyl (C=O) groups excluding carboxylic acids is 1. The lowest BCUT2D eigenvalue weighted by molar-refractivity contribution is -0.385. The summed E-state index contributed by atoms with van der Waals surface area (Å²) in [6.07, 6.45) is 1.44. The number of hydrogen-bond acceptors (Lipinski definition) is 6. The highest BCUT2D eigenvalue weighted by Crippen LogP contribution is 2.29. The van der Waals surface area contributed by atoms with Gasteiger partial charge in [0.15, 0.2) is 11.4 Å². The van der Waals surface area contributed by atoms with E-state index in [0.717, 1.165) is 3.57 Å². The Bertz CT molecular complexity index is 919. The summed E-state index contributed by atoms with van der Waals surface area (Å²) in [6, 6.07) is 11.7. The van der Waals surface area contributed by atoms with Gasteiger partial charge in [0, 0.05) is 15.2 Å². The van der Waals surface area contributed by atoms with Crippen molar-refractivity contribution in [3.05, 3.63) is 73.0 Å². The van der Waals surface area contributed by atoms with Gasteiger partial charge in [-0.25, -0.2) is 9.79 Å². The first kappa shape index (κ1) is 17.1. The fourth-order valence-corrected chi connectivity index (χ4v) is 2.58. The molecular formula is C17H11IN2O5. The smallest absolute Gasteiger partial charge is 0.363 e. The molecule has 0 fully saturated rings. The Labute approximate surface area is 156 Å². The lowest BCUT2D eigenvalue weighted by Crippen LogP contribution is -2.05. The van der Waals surface area contributed by atoms with Gasteiger partial charge in [-0.3, -0.25) is 10.1 Å². The van der Waals surface area contributed by atoms with E-state index < -0.39 is 10.9 Å². The summed E-state index contributed by atoms with van der Waals surface area (Å²) < 4.78 is 11.2. The van der Waals surface area contributed by atoms with E-state index >= 15 is 0 Å². The van der Waals surface area contributed by atoms with Gasteiger partial charge in [0.25, 0.3) is 0 Å². The third kappa shape index (κ3) is 3.68. The molecule has 0 aromatic heterocycles. The number of methoxy groups -OCH3 is 1. The Morgan fingerprint density at radius 3 is 2.60 bits per heavy atom. The molecule has 1 aliphatic rings. The van der Waals surface area contributed by atoms with Gasteiger partial charge < -0.3 is 9.47 Å². The van der Waals surface area contributed by atoms with Crippen LogP contribution in [0.25, 0.3) is 6.08 Å². The summed E-state index contributed by atoms with van der Waals surface area (Å²) in [5, 5.41) is 11.1. The maximum atomic E-state index is 12.0. The average molecular weight is 450 g/mol. The number of carbonyl (C=O) groups is 1. The molecule has 7 nitrogen and oxygen atoms in total. The van der Waals surface area contributed by atoms with E-state index in [4.69, 9.17) is 9.47 Å².